The van der Waals surface area contributed by atoms with Crippen molar-refractivity contribution in [2.75, 3.05) is 27.3 Å². The Labute approximate surface area is 157 Å². The highest BCUT2D eigenvalue weighted by Crippen LogP contribution is 2.28. The van der Waals surface area contributed by atoms with Crippen LogP contribution in [0.5, 0.6) is 11.5 Å². The van der Waals surface area contributed by atoms with Gasteiger partial charge in [-0.15, -0.1) is 0 Å². The molecule has 0 bridgehead atoms. The molecule has 6 nitrogen and oxygen atoms in total. The predicted molar refractivity (Wildman–Crippen MR) is 99.4 cm³/mol. The molecule has 0 saturated heterocycles. The minimum Gasteiger partial charge on any atom is -0.493 e. The van der Waals surface area contributed by atoms with Crippen molar-refractivity contribution >= 4 is 11.8 Å². The van der Waals surface area contributed by atoms with Gasteiger partial charge in [-0.2, -0.15) is 0 Å². The van der Waals surface area contributed by atoms with E-state index in [1.54, 1.807) is 37.3 Å². The van der Waals surface area contributed by atoms with Gasteiger partial charge in [-0.3, -0.25) is 9.59 Å². The minimum atomic E-state index is -0.625. The quantitative estimate of drug-likeness (QED) is 0.771. The number of carbonyl (C=O) groups is 2. The van der Waals surface area contributed by atoms with Gasteiger partial charge < -0.3 is 19.7 Å². The second-order valence-electron chi connectivity index (χ2n) is 5.76. The van der Waals surface area contributed by atoms with Crippen LogP contribution in [-0.2, 0) is 11.3 Å². The van der Waals surface area contributed by atoms with Crippen molar-refractivity contribution in [3.8, 4) is 11.5 Å². The van der Waals surface area contributed by atoms with E-state index in [2.05, 4.69) is 5.32 Å². The van der Waals surface area contributed by atoms with Crippen LogP contribution in [0.25, 0.3) is 0 Å². The molecule has 2 rings (SSSR count). The average Bonchev–Trinajstić information content (AvgIpc) is 2.70. The molecule has 0 aliphatic carbocycles. The third-order valence-electron chi connectivity index (χ3n) is 4.07. The maximum absolute atomic E-state index is 13.6. The monoisotopic (exact) mass is 374 g/mol. The van der Waals surface area contributed by atoms with E-state index in [1.807, 2.05) is 13.0 Å². The minimum absolute atomic E-state index is 0.0896. The first-order valence-electron chi connectivity index (χ1n) is 8.51. The number of benzene rings is 2. The molecule has 7 heteroatoms. The first-order valence-corrected chi connectivity index (χ1v) is 8.51. The topological polar surface area (TPSA) is 67.9 Å². The van der Waals surface area contributed by atoms with Crippen molar-refractivity contribution in [2.45, 2.75) is 13.5 Å². The number of likely N-dealkylation sites (N-methyl/N-ethyl adjacent to an activating group) is 1. The first kappa shape index (κ1) is 20.2. The number of carbonyl (C=O) groups excluding carboxylic acids is 2. The summed E-state index contributed by atoms with van der Waals surface area (Å²) < 4.78 is 24.1. The molecule has 0 unspecified atom stereocenters. The first-order chi connectivity index (χ1) is 13.0. The van der Waals surface area contributed by atoms with Gasteiger partial charge >= 0.3 is 0 Å². The van der Waals surface area contributed by atoms with E-state index in [-0.39, 0.29) is 18.0 Å². The number of rotatable bonds is 8. The highest BCUT2D eigenvalue weighted by Gasteiger charge is 2.16. The Hall–Kier alpha value is -3.09. The van der Waals surface area contributed by atoms with Gasteiger partial charge in [-0.05, 0) is 36.8 Å². The highest BCUT2D eigenvalue weighted by molar-refractivity contribution is 5.96. The van der Waals surface area contributed by atoms with Gasteiger partial charge in [0, 0.05) is 13.1 Å². The zero-order valence-electron chi connectivity index (χ0n) is 15.6. The van der Waals surface area contributed by atoms with E-state index < -0.39 is 11.7 Å². The summed E-state index contributed by atoms with van der Waals surface area (Å²) in [6.45, 7) is 2.44. The largest absolute Gasteiger partial charge is 0.493 e. The third kappa shape index (κ3) is 5.20. The van der Waals surface area contributed by atoms with E-state index in [0.717, 1.165) is 5.56 Å². The molecule has 0 fully saturated rings. The maximum Gasteiger partial charge on any atom is 0.254 e. The van der Waals surface area contributed by atoms with Crippen molar-refractivity contribution in [1.29, 1.82) is 0 Å². The fourth-order valence-electron chi connectivity index (χ4n) is 2.58. The number of ether oxygens (including phenoxy) is 2. The van der Waals surface area contributed by atoms with Crippen molar-refractivity contribution < 1.29 is 23.5 Å². The smallest absolute Gasteiger partial charge is 0.254 e. The van der Waals surface area contributed by atoms with Gasteiger partial charge in [0.25, 0.3) is 5.91 Å². The third-order valence-corrected chi connectivity index (χ3v) is 4.07. The summed E-state index contributed by atoms with van der Waals surface area (Å²) in [7, 11) is 3.10. The van der Waals surface area contributed by atoms with Crippen LogP contribution in [0.15, 0.2) is 42.5 Å². The SMILES string of the molecule is CCN(Cc1ccc(OC)c(OC)c1)C(=O)CNC(=O)c1ccccc1F. The predicted octanol–water partition coefficient (Wildman–Crippen LogP) is 2.62. The molecular weight excluding hydrogens is 351 g/mol. The number of nitrogens with zero attached hydrogens (tertiary/aromatic N) is 1. The van der Waals surface area contributed by atoms with Gasteiger partial charge in [-0.25, -0.2) is 4.39 Å². The molecule has 2 aromatic rings. The molecule has 144 valence electrons. The molecule has 0 aliphatic heterocycles. The molecule has 2 amide bonds. The number of methoxy groups -OCH3 is 2. The zero-order chi connectivity index (χ0) is 19.8. The van der Waals surface area contributed by atoms with Gasteiger partial charge in [0.1, 0.15) is 5.82 Å². The Balaban J connectivity index is 1.99. The number of hydrogen-bond acceptors (Lipinski definition) is 4. The van der Waals surface area contributed by atoms with Crippen LogP contribution < -0.4 is 14.8 Å². The van der Waals surface area contributed by atoms with Gasteiger partial charge in [0.15, 0.2) is 11.5 Å². The molecule has 0 aliphatic rings. The van der Waals surface area contributed by atoms with Gasteiger partial charge in [0.05, 0.1) is 26.3 Å². The summed E-state index contributed by atoms with van der Waals surface area (Å²) in [6, 6.07) is 11.0. The Morgan fingerprint density at radius 2 is 1.78 bits per heavy atom. The van der Waals surface area contributed by atoms with Crippen LogP contribution in [0.1, 0.15) is 22.8 Å². The molecule has 0 saturated carbocycles. The zero-order valence-corrected chi connectivity index (χ0v) is 15.6. The Bertz CT molecular complexity index is 810. The summed E-state index contributed by atoms with van der Waals surface area (Å²) in [5.74, 6) is -0.333. The number of halogens is 1. The summed E-state index contributed by atoms with van der Waals surface area (Å²) in [5, 5.41) is 2.47. The lowest BCUT2D eigenvalue weighted by Gasteiger charge is -2.22. The van der Waals surface area contributed by atoms with Crippen LogP contribution in [-0.4, -0.2) is 44.0 Å². The molecular formula is C20H23FN2O4. The lowest BCUT2D eigenvalue weighted by Crippen LogP contribution is -2.40. The lowest BCUT2D eigenvalue weighted by molar-refractivity contribution is -0.130. The lowest BCUT2D eigenvalue weighted by atomic mass is 10.2. The number of nitrogens with one attached hydrogen (secondary N) is 1. The van der Waals surface area contributed by atoms with E-state index in [4.69, 9.17) is 9.47 Å². The molecule has 0 atom stereocenters. The van der Waals surface area contributed by atoms with E-state index in [1.165, 1.54) is 18.2 Å². The maximum atomic E-state index is 13.6. The summed E-state index contributed by atoms with van der Waals surface area (Å²) in [6.07, 6.45) is 0. The fraction of sp³-hybridized carbons (Fsp3) is 0.300. The van der Waals surface area contributed by atoms with Crippen LogP contribution in [0.2, 0.25) is 0 Å². The second kappa shape index (κ2) is 9.56. The normalized spacial score (nSPS) is 10.2. The Kier molecular flexibility index (Phi) is 7.16. The van der Waals surface area contributed by atoms with E-state index >= 15 is 0 Å². The van der Waals surface area contributed by atoms with Crippen molar-refractivity contribution in [2.24, 2.45) is 0 Å². The van der Waals surface area contributed by atoms with Gasteiger partial charge in [-0.1, -0.05) is 18.2 Å². The Morgan fingerprint density at radius 3 is 2.41 bits per heavy atom. The number of hydrogen-bond donors (Lipinski definition) is 1. The summed E-state index contributed by atoms with van der Waals surface area (Å²) in [4.78, 5) is 26.1. The fourth-order valence-corrected chi connectivity index (χ4v) is 2.58. The summed E-state index contributed by atoms with van der Waals surface area (Å²) in [5.41, 5.74) is 0.775. The van der Waals surface area contributed by atoms with Gasteiger partial charge in [0.2, 0.25) is 5.91 Å². The Morgan fingerprint density at radius 1 is 1.07 bits per heavy atom. The second-order valence-corrected chi connectivity index (χ2v) is 5.76. The van der Waals surface area contributed by atoms with Crippen molar-refractivity contribution in [3.05, 3.63) is 59.4 Å². The van der Waals surface area contributed by atoms with Crippen LogP contribution >= 0.6 is 0 Å². The average molecular weight is 374 g/mol. The van der Waals surface area contributed by atoms with Crippen molar-refractivity contribution in [3.63, 3.8) is 0 Å². The van der Waals surface area contributed by atoms with Crippen molar-refractivity contribution in [1.82, 2.24) is 10.2 Å². The van der Waals surface area contributed by atoms with E-state index in [9.17, 15) is 14.0 Å². The molecule has 0 spiro atoms. The summed E-state index contributed by atoms with van der Waals surface area (Å²) >= 11 is 0. The molecule has 0 heterocycles. The molecule has 1 N–H and O–H groups in total. The molecule has 0 aromatic heterocycles. The number of amides is 2. The molecule has 2 aromatic carbocycles. The van der Waals surface area contributed by atoms with Crippen LogP contribution in [0.4, 0.5) is 4.39 Å². The van der Waals surface area contributed by atoms with Crippen LogP contribution in [0.3, 0.4) is 0 Å². The van der Waals surface area contributed by atoms with Crippen LogP contribution in [0, 0.1) is 5.82 Å². The molecule has 0 radical (unpaired) electrons. The highest BCUT2D eigenvalue weighted by atomic mass is 19.1. The van der Waals surface area contributed by atoms with E-state index in [0.29, 0.717) is 24.6 Å². The molecule has 27 heavy (non-hydrogen) atoms. The standard InChI is InChI=1S/C20H23FN2O4/c1-4-23(13-14-9-10-17(26-2)18(11-14)27-3)19(24)12-22-20(25)15-7-5-6-8-16(15)21/h5-11H,4,12-13H2,1-3H3,(H,22,25).